The molecule has 0 atom stereocenters. The van der Waals surface area contributed by atoms with Crippen molar-refractivity contribution in [2.24, 2.45) is 0 Å². The van der Waals surface area contributed by atoms with E-state index in [1.807, 2.05) is 37.4 Å². The monoisotopic (exact) mass is 395 g/mol. The maximum atomic E-state index is 12.4. The number of ether oxygens (including phenoxy) is 1. The summed E-state index contributed by atoms with van der Waals surface area (Å²) in [6, 6.07) is 8.12. The SMILES string of the molecule is CCOc1cc2oc3c(c2cc1/C(C)=C/C(=O)NCc1cccs1)CCCC3. The zero-order chi connectivity index (χ0) is 19.5. The summed E-state index contributed by atoms with van der Waals surface area (Å²) in [5, 5.41) is 6.12. The summed E-state index contributed by atoms with van der Waals surface area (Å²) in [5.41, 5.74) is 4.05. The van der Waals surface area contributed by atoms with Crippen molar-refractivity contribution in [2.45, 2.75) is 46.1 Å². The van der Waals surface area contributed by atoms with Crippen LogP contribution in [-0.2, 0) is 24.2 Å². The first kappa shape index (κ1) is 18.8. The van der Waals surface area contributed by atoms with Gasteiger partial charge in [0.1, 0.15) is 17.1 Å². The van der Waals surface area contributed by atoms with Crippen LogP contribution < -0.4 is 10.1 Å². The minimum Gasteiger partial charge on any atom is -0.493 e. The first-order valence-electron chi connectivity index (χ1n) is 9.85. The van der Waals surface area contributed by atoms with Gasteiger partial charge in [0.15, 0.2) is 0 Å². The lowest BCUT2D eigenvalue weighted by Crippen LogP contribution is -2.20. The average molecular weight is 396 g/mol. The molecule has 4 rings (SSSR count). The first-order chi connectivity index (χ1) is 13.7. The second-order valence-electron chi connectivity index (χ2n) is 7.11. The molecular weight excluding hydrogens is 370 g/mol. The molecule has 1 amide bonds. The van der Waals surface area contributed by atoms with E-state index in [9.17, 15) is 4.79 Å². The summed E-state index contributed by atoms with van der Waals surface area (Å²) in [4.78, 5) is 13.5. The molecule has 4 nitrogen and oxygen atoms in total. The van der Waals surface area contributed by atoms with Crippen molar-refractivity contribution in [3.63, 3.8) is 0 Å². The lowest BCUT2D eigenvalue weighted by molar-refractivity contribution is -0.116. The number of amides is 1. The Morgan fingerprint density at radius 2 is 2.18 bits per heavy atom. The van der Waals surface area contributed by atoms with E-state index in [2.05, 4.69) is 11.4 Å². The Kier molecular flexibility index (Phi) is 5.53. The normalized spacial score (nSPS) is 14.1. The van der Waals surface area contributed by atoms with Crippen molar-refractivity contribution in [1.82, 2.24) is 5.32 Å². The topological polar surface area (TPSA) is 51.5 Å². The second-order valence-corrected chi connectivity index (χ2v) is 8.15. The Hall–Kier alpha value is -2.53. The molecule has 0 aliphatic heterocycles. The lowest BCUT2D eigenvalue weighted by atomic mass is 9.94. The van der Waals surface area contributed by atoms with E-state index in [0.29, 0.717) is 13.2 Å². The number of allylic oxidation sites excluding steroid dienone is 1. The largest absolute Gasteiger partial charge is 0.493 e. The molecule has 2 heterocycles. The van der Waals surface area contributed by atoms with Crippen molar-refractivity contribution >= 4 is 33.8 Å². The van der Waals surface area contributed by atoms with Gasteiger partial charge in [-0.2, -0.15) is 0 Å². The fourth-order valence-electron chi connectivity index (χ4n) is 3.79. The third-order valence-electron chi connectivity index (χ3n) is 5.15. The minimum atomic E-state index is -0.0948. The summed E-state index contributed by atoms with van der Waals surface area (Å²) < 4.78 is 12.0. The third-order valence-corrected chi connectivity index (χ3v) is 6.02. The molecule has 1 N–H and O–H groups in total. The fraction of sp³-hybridized carbons (Fsp3) is 0.348. The molecule has 0 spiro atoms. The fourth-order valence-corrected chi connectivity index (χ4v) is 4.43. The average Bonchev–Trinajstić information content (AvgIpc) is 3.33. The van der Waals surface area contributed by atoms with E-state index >= 15 is 0 Å². The van der Waals surface area contributed by atoms with Gasteiger partial charge in [0, 0.05) is 40.0 Å². The van der Waals surface area contributed by atoms with Crippen LogP contribution in [0.2, 0.25) is 0 Å². The highest BCUT2D eigenvalue weighted by molar-refractivity contribution is 7.09. The van der Waals surface area contributed by atoms with Gasteiger partial charge in [0.2, 0.25) is 5.91 Å². The Morgan fingerprint density at radius 1 is 1.32 bits per heavy atom. The highest BCUT2D eigenvalue weighted by Crippen LogP contribution is 2.38. The molecule has 0 radical (unpaired) electrons. The number of thiophene rings is 1. The van der Waals surface area contributed by atoms with Crippen molar-refractivity contribution in [3.05, 3.63) is 57.5 Å². The smallest absolute Gasteiger partial charge is 0.244 e. The van der Waals surface area contributed by atoms with Crippen molar-refractivity contribution in [3.8, 4) is 5.75 Å². The molecule has 0 fully saturated rings. The molecule has 3 aromatic rings. The predicted molar refractivity (Wildman–Crippen MR) is 114 cm³/mol. The van der Waals surface area contributed by atoms with Crippen molar-refractivity contribution in [2.75, 3.05) is 6.61 Å². The second kappa shape index (κ2) is 8.23. The highest BCUT2D eigenvalue weighted by atomic mass is 32.1. The number of fused-ring (bicyclic) bond motifs is 3. The van der Waals surface area contributed by atoms with Gasteiger partial charge in [-0.1, -0.05) is 6.07 Å². The predicted octanol–water partition coefficient (Wildman–Crippen LogP) is 5.49. The molecule has 0 unspecified atom stereocenters. The number of carbonyl (C=O) groups is 1. The summed E-state index contributed by atoms with van der Waals surface area (Å²) in [6.45, 7) is 5.04. The molecule has 1 aliphatic carbocycles. The quantitative estimate of drug-likeness (QED) is 0.561. The molecule has 5 heteroatoms. The minimum absolute atomic E-state index is 0.0948. The van der Waals surface area contributed by atoms with Gasteiger partial charge >= 0.3 is 0 Å². The molecular formula is C23H25NO3S. The van der Waals surface area contributed by atoms with Gasteiger partial charge in [0.25, 0.3) is 0 Å². The van der Waals surface area contributed by atoms with Crippen LogP contribution >= 0.6 is 11.3 Å². The van der Waals surface area contributed by atoms with Crippen LogP contribution in [-0.4, -0.2) is 12.5 Å². The summed E-state index contributed by atoms with van der Waals surface area (Å²) in [6.07, 6.45) is 6.10. The van der Waals surface area contributed by atoms with Gasteiger partial charge in [-0.3, -0.25) is 4.79 Å². The van der Waals surface area contributed by atoms with Gasteiger partial charge < -0.3 is 14.5 Å². The van der Waals surface area contributed by atoms with E-state index < -0.39 is 0 Å². The summed E-state index contributed by atoms with van der Waals surface area (Å²) in [7, 11) is 0. The molecule has 2 aromatic heterocycles. The molecule has 146 valence electrons. The van der Waals surface area contributed by atoms with E-state index in [-0.39, 0.29) is 5.91 Å². The van der Waals surface area contributed by atoms with E-state index in [4.69, 9.17) is 9.15 Å². The maximum absolute atomic E-state index is 12.4. The van der Waals surface area contributed by atoms with E-state index in [1.54, 1.807) is 17.4 Å². The number of hydrogen-bond donors (Lipinski definition) is 1. The molecule has 0 saturated heterocycles. The van der Waals surface area contributed by atoms with Crippen LogP contribution in [0.3, 0.4) is 0 Å². The standard InChI is InChI=1S/C23H25NO3S/c1-3-26-21-13-22-19(17-8-4-5-9-20(17)27-22)12-18(21)15(2)11-23(25)24-14-16-7-6-10-28-16/h6-7,10-13H,3-5,8-9,14H2,1-2H3,(H,24,25)/b15-11+. The molecule has 0 saturated carbocycles. The third kappa shape index (κ3) is 3.85. The summed E-state index contributed by atoms with van der Waals surface area (Å²) >= 11 is 1.64. The van der Waals surface area contributed by atoms with E-state index in [0.717, 1.165) is 51.3 Å². The van der Waals surface area contributed by atoms with Crippen LogP contribution in [0.1, 0.15) is 48.5 Å². The molecule has 1 aliphatic rings. The number of hydrogen-bond acceptors (Lipinski definition) is 4. The molecule has 0 bridgehead atoms. The van der Waals surface area contributed by atoms with Gasteiger partial charge in [-0.15, -0.1) is 11.3 Å². The number of benzene rings is 1. The molecule has 1 aromatic carbocycles. The lowest BCUT2D eigenvalue weighted by Gasteiger charge is -2.12. The van der Waals surface area contributed by atoms with Gasteiger partial charge in [0.05, 0.1) is 13.2 Å². The van der Waals surface area contributed by atoms with Crippen LogP contribution in [0.25, 0.3) is 16.5 Å². The first-order valence-corrected chi connectivity index (χ1v) is 10.7. The van der Waals surface area contributed by atoms with Crippen molar-refractivity contribution < 1.29 is 13.9 Å². The van der Waals surface area contributed by atoms with Gasteiger partial charge in [-0.25, -0.2) is 0 Å². The number of furan rings is 1. The zero-order valence-electron chi connectivity index (χ0n) is 16.3. The number of rotatable bonds is 6. The Bertz CT molecular complexity index is 1010. The van der Waals surface area contributed by atoms with E-state index in [1.165, 1.54) is 18.4 Å². The Balaban J connectivity index is 1.64. The van der Waals surface area contributed by atoms with Crippen molar-refractivity contribution in [1.29, 1.82) is 0 Å². The van der Waals surface area contributed by atoms with Gasteiger partial charge in [-0.05, 0) is 56.2 Å². The molecule has 28 heavy (non-hydrogen) atoms. The Morgan fingerprint density at radius 3 is 2.96 bits per heavy atom. The maximum Gasteiger partial charge on any atom is 0.244 e. The van der Waals surface area contributed by atoms with Crippen LogP contribution in [0.5, 0.6) is 5.75 Å². The highest BCUT2D eigenvalue weighted by Gasteiger charge is 2.20. The number of carbonyl (C=O) groups excluding carboxylic acids is 1. The zero-order valence-corrected chi connectivity index (χ0v) is 17.2. The number of nitrogens with one attached hydrogen (secondary N) is 1. The summed E-state index contributed by atoms with van der Waals surface area (Å²) in [5.74, 6) is 1.78. The van der Waals surface area contributed by atoms with Crippen LogP contribution in [0.4, 0.5) is 0 Å². The Labute approximate surface area is 169 Å². The van der Waals surface area contributed by atoms with Crippen LogP contribution in [0.15, 0.2) is 40.1 Å². The number of aryl methyl sites for hydroxylation is 2. The van der Waals surface area contributed by atoms with Crippen LogP contribution in [0, 0.1) is 0 Å².